The summed E-state index contributed by atoms with van der Waals surface area (Å²) < 4.78 is 91.6. The van der Waals surface area contributed by atoms with E-state index in [-0.39, 0.29) is 30.0 Å². The molecule has 3 aromatic carbocycles. The topological polar surface area (TPSA) is 113 Å². The van der Waals surface area contributed by atoms with E-state index >= 15 is 0 Å². The number of carbonyl (C=O) groups is 1. The number of hydrogen-bond acceptors (Lipinski definition) is 5. The van der Waals surface area contributed by atoms with Crippen LogP contribution in [0.1, 0.15) is 24.0 Å². The van der Waals surface area contributed by atoms with Gasteiger partial charge in [0.1, 0.15) is 0 Å². The number of halogens is 3. The monoisotopic (exact) mass is 569 g/mol. The summed E-state index contributed by atoms with van der Waals surface area (Å²) in [5, 5.41) is 2.61. The van der Waals surface area contributed by atoms with Crippen molar-refractivity contribution in [2.75, 3.05) is 27.1 Å². The van der Waals surface area contributed by atoms with Gasteiger partial charge in [-0.1, -0.05) is 23.8 Å². The number of anilines is 3. The summed E-state index contributed by atoms with van der Waals surface area (Å²) in [4.78, 5) is 12.1. The quantitative estimate of drug-likeness (QED) is 0.357. The molecule has 0 spiro atoms. The van der Waals surface area contributed by atoms with Crippen LogP contribution in [-0.4, -0.2) is 35.5 Å². The molecule has 0 aliphatic carbocycles. The Labute approximate surface area is 219 Å². The second-order valence-electron chi connectivity index (χ2n) is 8.53. The van der Waals surface area contributed by atoms with E-state index in [4.69, 9.17) is 0 Å². The third kappa shape index (κ3) is 7.96. The molecule has 0 aliphatic rings. The predicted molar refractivity (Wildman–Crippen MR) is 140 cm³/mol. The van der Waals surface area contributed by atoms with Crippen molar-refractivity contribution in [3.63, 3.8) is 0 Å². The predicted octanol–water partition coefficient (Wildman–Crippen LogP) is 5.00. The van der Waals surface area contributed by atoms with Crippen LogP contribution in [0.2, 0.25) is 0 Å². The zero-order valence-corrected chi connectivity index (χ0v) is 22.1. The zero-order valence-electron chi connectivity index (χ0n) is 20.5. The van der Waals surface area contributed by atoms with Crippen LogP contribution >= 0.6 is 0 Å². The van der Waals surface area contributed by atoms with Gasteiger partial charge < -0.3 is 5.32 Å². The Balaban J connectivity index is 1.58. The lowest BCUT2D eigenvalue weighted by molar-refractivity contribution is -0.137. The van der Waals surface area contributed by atoms with Gasteiger partial charge in [-0.2, -0.15) is 13.2 Å². The normalized spacial score (nSPS) is 12.1. The lowest BCUT2D eigenvalue weighted by Crippen LogP contribution is -2.31. The first kappa shape index (κ1) is 29.0. The van der Waals surface area contributed by atoms with E-state index in [0.29, 0.717) is 17.4 Å². The van der Waals surface area contributed by atoms with Crippen LogP contribution in [0.3, 0.4) is 0 Å². The Morgan fingerprint density at radius 2 is 1.53 bits per heavy atom. The van der Waals surface area contributed by atoms with E-state index in [9.17, 15) is 34.8 Å². The Morgan fingerprint density at radius 3 is 2.11 bits per heavy atom. The molecule has 1 amide bonds. The molecule has 13 heteroatoms. The van der Waals surface area contributed by atoms with Crippen molar-refractivity contribution in [1.29, 1.82) is 0 Å². The van der Waals surface area contributed by atoms with Crippen molar-refractivity contribution in [1.82, 2.24) is 0 Å². The van der Waals surface area contributed by atoms with Crippen molar-refractivity contribution in [3.8, 4) is 0 Å². The number of alkyl halides is 3. The maximum absolute atomic E-state index is 12.9. The lowest BCUT2D eigenvalue weighted by Gasteiger charge is -2.22. The SMILES string of the molecule is Cc1ccc(N(CCCC(=O)Nc2ccc(S(=O)(=O)Nc3cccc(C(F)(F)F)c3)cc2)S(C)(=O)=O)cc1. The third-order valence-electron chi connectivity index (χ3n) is 5.38. The molecule has 3 rings (SSSR count). The number of aryl methyl sites for hydroxylation is 1. The fraction of sp³-hybridized carbons (Fsp3) is 0.240. The molecule has 0 bridgehead atoms. The van der Waals surface area contributed by atoms with E-state index in [0.717, 1.165) is 24.0 Å². The van der Waals surface area contributed by atoms with Crippen molar-refractivity contribution >= 4 is 43.0 Å². The number of nitrogens with zero attached hydrogens (tertiary/aromatic N) is 1. The van der Waals surface area contributed by atoms with E-state index in [2.05, 4.69) is 10.0 Å². The molecule has 38 heavy (non-hydrogen) atoms. The number of carbonyl (C=O) groups excluding carboxylic acids is 1. The van der Waals surface area contributed by atoms with Crippen LogP contribution in [-0.2, 0) is 31.0 Å². The standard InChI is InChI=1S/C25H26F3N3O5S2/c1-18-8-12-22(13-9-18)31(37(2,33)34)16-4-7-24(32)29-20-10-14-23(15-11-20)38(35,36)30-21-6-3-5-19(17-21)25(26,27)28/h3,5-6,8-15,17,30H,4,7,16H2,1-2H3,(H,29,32). The summed E-state index contributed by atoms with van der Waals surface area (Å²) in [6.45, 7) is 1.97. The molecule has 0 fully saturated rings. The molecule has 0 aliphatic heterocycles. The van der Waals surface area contributed by atoms with Crippen molar-refractivity contribution in [2.45, 2.75) is 30.8 Å². The van der Waals surface area contributed by atoms with Crippen molar-refractivity contribution < 1.29 is 34.8 Å². The smallest absolute Gasteiger partial charge is 0.326 e. The average Bonchev–Trinajstić information content (AvgIpc) is 2.81. The zero-order chi connectivity index (χ0) is 28.1. The van der Waals surface area contributed by atoms with E-state index in [1.807, 2.05) is 6.92 Å². The molecule has 0 unspecified atom stereocenters. The summed E-state index contributed by atoms with van der Waals surface area (Å²) in [7, 11) is -7.74. The van der Waals surface area contributed by atoms with Crippen LogP contribution in [0.5, 0.6) is 0 Å². The first-order valence-electron chi connectivity index (χ1n) is 11.3. The fourth-order valence-electron chi connectivity index (χ4n) is 3.49. The van der Waals surface area contributed by atoms with Crippen molar-refractivity contribution in [2.24, 2.45) is 0 Å². The van der Waals surface area contributed by atoms with Gasteiger partial charge in [0, 0.05) is 24.3 Å². The number of nitrogens with one attached hydrogen (secondary N) is 2. The lowest BCUT2D eigenvalue weighted by atomic mass is 10.2. The number of hydrogen-bond donors (Lipinski definition) is 2. The highest BCUT2D eigenvalue weighted by molar-refractivity contribution is 7.92. The van der Waals surface area contributed by atoms with Gasteiger partial charge in [0.25, 0.3) is 10.0 Å². The molecular weight excluding hydrogens is 543 g/mol. The molecule has 3 aromatic rings. The maximum atomic E-state index is 12.9. The molecule has 0 saturated heterocycles. The molecule has 8 nitrogen and oxygen atoms in total. The van der Waals surface area contributed by atoms with Gasteiger partial charge in [0.05, 0.1) is 22.4 Å². The molecule has 0 saturated carbocycles. The maximum Gasteiger partial charge on any atom is 0.416 e. The van der Waals surface area contributed by atoms with Crippen LogP contribution < -0.4 is 14.3 Å². The molecule has 2 N–H and O–H groups in total. The van der Waals surface area contributed by atoms with Crippen LogP contribution in [0.4, 0.5) is 30.2 Å². The van der Waals surface area contributed by atoms with Crippen LogP contribution in [0.25, 0.3) is 0 Å². The minimum atomic E-state index is -4.62. The Kier molecular flexibility index (Phi) is 8.72. The fourth-order valence-corrected chi connectivity index (χ4v) is 5.51. The van der Waals surface area contributed by atoms with E-state index in [1.165, 1.54) is 34.6 Å². The van der Waals surface area contributed by atoms with Gasteiger partial charge >= 0.3 is 6.18 Å². The van der Waals surface area contributed by atoms with E-state index < -0.39 is 37.7 Å². The number of sulfonamides is 2. The molecule has 0 atom stereocenters. The van der Waals surface area contributed by atoms with Gasteiger partial charge in [0.15, 0.2) is 0 Å². The first-order chi connectivity index (χ1) is 17.6. The largest absolute Gasteiger partial charge is 0.416 e. The highest BCUT2D eigenvalue weighted by Gasteiger charge is 2.30. The molecule has 204 valence electrons. The van der Waals surface area contributed by atoms with Crippen LogP contribution in [0, 0.1) is 6.92 Å². The molecule has 0 radical (unpaired) electrons. The van der Waals surface area contributed by atoms with Gasteiger partial charge in [-0.3, -0.25) is 13.8 Å². The van der Waals surface area contributed by atoms with Gasteiger partial charge in [-0.25, -0.2) is 16.8 Å². The minimum absolute atomic E-state index is 0.00896. The van der Waals surface area contributed by atoms with Gasteiger partial charge in [-0.05, 0) is 67.9 Å². The number of amides is 1. The molecule has 0 aromatic heterocycles. The van der Waals surface area contributed by atoms with Crippen LogP contribution in [0.15, 0.2) is 77.7 Å². The first-order valence-corrected chi connectivity index (χ1v) is 14.6. The summed E-state index contributed by atoms with van der Waals surface area (Å²) in [6, 6.07) is 15.9. The Bertz CT molecular complexity index is 1490. The van der Waals surface area contributed by atoms with Crippen molar-refractivity contribution in [3.05, 3.63) is 83.9 Å². The average molecular weight is 570 g/mol. The number of rotatable bonds is 10. The van der Waals surface area contributed by atoms with Gasteiger partial charge in [-0.15, -0.1) is 0 Å². The summed E-state index contributed by atoms with van der Waals surface area (Å²) in [5.74, 6) is -0.403. The Hall–Kier alpha value is -3.58. The van der Waals surface area contributed by atoms with Gasteiger partial charge in [0.2, 0.25) is 15.9 Å². The summed E-state index contributed by atoms with van der Waals surface area (Å²) in [5.41, 5.74) is 0.535. The molecule has 0 heterocycles. The second kappa shape index (κ2) is 11.4. The highest BCUT2D eigenvalue weighted by Crippen LogP contribution is 2.31. The third-order valence-corrected chi connectivity index (χ3v) is 7.97. The summed E-state index contributed by atoms with van der Waals surface area (Å²) >= 11 is 0. The van der Waals surface area contributed by atoms with E-state index in [1.54, 1.807) is 24.3 Å². The second-order valence-corrected chi connectivity index (χ2v) is 12.1. The molecular formula is C25H26F3N3O5S2. The number of benzene rings is 3. The Morgan fingerprint density at radius 1 is 0.895 bits per heavy atom. The highest BCUT2D eigenvalue weighted by atomic mass is 32.2. The summed E-state index contributed by atoms with van der Waals surface area (Å²) in [6.07, 6.45) is -3.29. The minimum Gasteiger partial charge on any atom is -0.326 e.